The molecule has 112 valence electrons. The zero-order chi connectivity index (χ0) is 14.7. The topological polar surface area (TPSA) is 64.9 Å². The van der Waals surface area contributed by atoms with E-state index in [2.05, 4.69) is 41.3 Å². The minimum atomic E-state index is 0.350. The van der Waals surface area contributed by atoms with Crippen molar-refractivity contribution in [3.8, 4) is 0 Å². The fraction of sp³-hybridized carbons (Fsp3) is 0.529. The summed E-state index contributed by atoms with van der Waals surface area (Å²) in [6.45, 7) is 2.80. The molecule has 4 heteroatoms. The SMILES string of the molecule is Cc1ccc(Cc2noc(C3CCCCC3CN)n2)cc1. The summed E-state index contributed by atoms with van der Waals surface area (Å²) in [6, 6.07) is 8.47. The van der Waals surface area contributed by atoms with E-state index in [4.69, 9.17) is 10.3 Å². The Balaban J connectivity index is 1.72. The fourth-order valence-corrected chi connectivity index (χ4v) is 3.19. The van der Waals surface area contributed by atoms with Crippen LogP contribution in [0.25, 0.3) is 0 Å². The molecule has 0 saturated heterocycles. The molecule has 0 radical (unpaired) electrons. The highest BCUT2D eigenvalue weighted by Crippen LogP contribution is 2.36. The molecule has 1 heterocycles. The third-order valence-electron chi connectivity index (χ3n) is 4.50. The highest BCUT2D eigenvalue weighted by molar-refractivity contribution is 5.23. The third-order valence-corrected chi connectivity index (χ3v) is 4.50. The molecule has 2 N–H and O–H groups in total. The van der Waals surface area contributed by atoms with Gasteiger partial charge in [-0.1, -0.05) is 47.8 Å². The van der Waals surface area contributed by atoms with E-state index in [1.54, 1.807) is 0 Å². The zero-order valence-electron chi connectivity index (χ0n) is 12.6. The number of rotatable bonds is 4. The van der Waals surface area contributed by atoms with Crippen LogP contribution in [0.1, 0.15) is 54.4 Å². The fourth-order valence-electron chi connectivity index (χ4n) is 3.19. The van der Waals surface area contributed by atoms with Crippen molar-refractivity contribution in [3.63, 3.8) is 0 Å². The maximum atomic E-state index is 5.89. The third kappa shape index (κ3) is 3.32. The van der Waals surface area contributed by atoms with Crippen molar-refractivity contribution < 1.29 is 4.52 Å². The molecule has 2 atom stereocenters. The number of aromatic nitrogens is 2. The van der Waals surface area contributed by atoms with Gasteiger partial charge in [-0.15, -0.1) is 0 Å². The summed E-state index contributed by atoms with van der Waals surface area (Å²) in [7, 11) is 0. The lowest BCUT2D eigenvalue weighted by atomic mass is 9.79. The van der Waals surface area contributed by atoms with Crippen LogP contribution < -0.4 is 5.73 Å². The normalized spacial score (nSPS) is 22.4. The van der Waals surface area contributed by atoms with Gasteiger partial charge in [0.05, 0.1) is 0 Å². The molecular weight excluding hydrogens is 262 g/mol. The summed E-state index contributed by atoms with van der Waals surface area (Å²) >= 11 is 0. The number of hydrogen-bond acceptors (Lipinski definition) is 4. The lowest BCUT2D eigenvalue weighted by Gasteiger charge is -2.27. The van der Waals surface area contributed by atoms with Crippen molar-refractivity contribution in [1.29, 1.82) is 0 Å². The standard InChI is InChI=1S/C17H23N3O/c1-12-6-8-13(9-7-12)10-16-19-17(21-20-16)15-5-3-2-4-14(15)11-18/h6-9,14-15H,2-5,10-11,18H2,1H3. The predicted molar refractivity (Wildman–Crippen MR) is 82.0 cm³/mol. The van der Waals surface area contributed by atoms with Crippen molar-refractivity contribution in [1.82, 2.24) is 10.1 Å². The molecule has 1 aromatic carbocycles. The minimum Gasteiger partial charge on any atom is -0.339 e. The van der Waals surface area contributed by atoms with Gasteiger partial charge in [0.15, 0.2) is 5.82 Å². The van der Waals surface area contributed by atoms with Crippen molar-refractivity contribution >= 4 is 0 Å². The van der Waals surface area contributed by atoms with Gasteiger partial charge in [0.2, 0.25) is 5.89 Å². The van der Waals surface area contributed by atoms with Gasteiger partial charge < -0.3 is 10.3 Å². The van der Waals surface area contributed by atoms with Gasteiger partial charge in [-0.05, 0) is 37.8 Å². The number of nitrogens with two attached hydrogens (primary N) is 1. The molecule has 0 spiro atoms. The van der Waals surface area contributed by atoms with Crippen LogP contribution in [0, 0.1) is 12.8 Å². The minimum absolute atomic E-state index is 0.350. The Morgan fingerprint density at radius 1 is 1.19 bits per heavy atom. The van der Waals surface area contributed by atoms with Crippen LogP contribution in [0.2, 0.25) is 0 Å². The molecule has 1 aromatic heterocycles. The first-order chi connectivity index (χ1) is 10.3. The van der Waals surface area contributed by atoms with Crippen LogP contribution in [0.4, 0.5) is 0 Å². The van der Waals surface area contributed by atoms with Gasteiger partial charge in [-0.2, -0.15) is 4.98 Å². The molecule has 3 rings (SSSR count). The van der Waals surface area contributed by atoms with E-state index in [0.29, 0.717) is 18.4 Å². The average Bonchev–Trinajstić information content (AvgIpc) is 2.98. The number of nitrogens with zero attached hydrogens (tertiary/aromatic N) is 2. The monoisotopic (exact) mass is 285 g/mol. The summed E-state index contributed by atoms with van der Waals surface area (Å²) in [5, 5.41) is 4.15. The lowest BCUT2D eigenvalue weighted by Crippen LogP contribution is -2.25. The van der Waals surface area contributed by atoms with Crippen LogP contribution in [-0.2, 0) is 6.42 Å². The molecule has 2 unspecified atom stereocenters. The summed E-state index contributed by atoms with van der Waals surface area (Å²) < 4.78 is 5.52. The molecule has 0 amide bonds. The molecule has 2 aromatic rings. The van der Waals surface area contributed by atoms with Crippen molar-refractivity contribution in [3.05, 3.63) is 47.1 Å². The second-order valence-electron chi connectivity index (χ2n) is 6.10. The first-order valence-electron chi connectivity index (χ1n) is 7.84. The Morgan fingerprint density at radius 3 is 2.71 bits per heavy atom. The van der Waals surface area contributed by atoms with Crippen molar-refractivity contribution in [2.24, 2.45) is 11.7 Å². The maximum Gasteiger partial charge on any atom is 0.230 e. The summed E-state index contributed by atoms with van der Waals surface area (Å²) in [5.41, 5.74) is 8.36. The van der Waals surface area contributed by atoms with Gasteiger partial charge in [-0.25, -0.2) is 0 Å². The largest absolute Gasteiger partial charge is 0.339 e. The molecule has 1 aliphatic rings. The van der Waals surface area contributed by atoms with E-state index >= 15 is 0 Å². The van der Waals surface area contributed by atoms with E-state index in [1.165, 1.54) is 30.4 Å². The number of benzene rings is 1. The second kappa shape index (κ2) is 6.39. The maximum absolute atomic E-state index is 5.89. The zero-order valence-corrected chi connectivity index (χ0v) is 12.6. The molecule has 0 bridgehead atoms. The summed E-state index contributed by atoms with van der Waals surface area (Å²) in [5.74, 6) is 2.40. The Bertz CT molecular complexity index is 576. The van der Waals surface area contributed by atoms with Gasteiger partial charge >= 0.3 is 0 Å². The lowest BCUT2D eigenvalue weighted by molar-refractivity contribution is 0.249. The molecule has 1 saturated carbocycles. The Labute approximate surface area is 125 Å². The van der Waals surface area contributed by atoms with Gasteiger partial charge in [0.25, 0.3) is 0 Å². The summed E-state index contributed by atoms with van der Waals surface area (Å²) in [6.07, 6.45) is 5.52. The average molecular weight is 285 g/mol. The molecule has 4 nitrogen and oxygen atoms in total. The molecule has 21 heavy (non-hydrogen) atoms. The predicted octanol–water partition coefficient (Wildman–Crippen LogP) is 3.20. The van der Waals surface area contributed by atoms with E-state index < -0.39 is 0 Å². The summed E-state index contributed by atoms with van der Waals surface area (Å²) in [4.78, 5) is 4.62. The Hall–Kier alpha value is -1.68. The van der Waals surface area contributed by atoms with Crippen molar-refractivity contribution in [2.45, 2.75) is 44.9 Å². The van der Waals surface area contributed by atoms with Crippen LogP contribution in [0.5, 0.6) is 0 Å². The highest BCUT2D eigenvalue weighted by Gasteiger charge is 2.29. The van der Waals surface area contributed by atoms with Gasteiger partial charge in [-0.3, -0.25) is 0 Å². The molecule has 1 aliphatic carbocycles. The van der Waals surface area contributed by atoms with Crippen LogP contribution >= 0.6 is 0 Å². The van der Waals surface area contributed by atoms with E-state index in [0.717, 1.165) is 24.6 Å². The first kappa shape index (κ1) is 14.3. The Morgan fingerprint density at radius 2 is 1.95 bits per heavy atom. The second-order valence-corrected chi connectivity index (χ2v) is 6.10. The van der Waals surface area contributed by atoms with Crippen LogP contribution in [0.15, 0.2) is 28.8 Å². The molecule has 1 fully saturated rings. The van der Waals surface area contributed by atoms with Gasteiger partial charge in [0.1, 0.15) is 0 Å². The molecule has 0 aliphatic heterocycles. The Kier molecular flexibility index (Phi) is 4.34. The molecular formula is C17H23N3O. The number of aryl methyl sites for hydroxylation is 1. The van der Waals surface area contributed by atoms with Crippen LogP contribution in [0.3, 0.4) is 0 Å². The van der Waals surface area contributed by atoms with Gasteiger partial charge in [0, 0.05) is 12.3 Å². The van der Waals surface area contributed by atoms with Crippen LogP contribution in [-0.4, -0.2) is 16.7 Å². The van der Waals surface area contributed by atoms with E-state index in [1.807, 2.05) is 0 Å². The van der Waals surface area contributed by atoms with Crippen molar-refractivity contribution in [2.75, 3.05) is 6.54 Å². The highest BCUT2D eigenvalue weighted by atomic mass is 16.5. The van der Waals surface area contributed by atoms with E-state index in [-0.39, 0.29) is 0 Å². The smallest absolute Gasteiger partial charge is 0.230 e. The quantitative estimate of drug-likeness (QED) is 0.937. The number of hydrogen-bond donors (Lipinski definition) is 1. The van der Waals surface area contributed by atoms with E-state index in [9.17, 15) is 0 Å². The first-order valence-corrected chi connectivity index (χ1v) is 7.84.